The summed E-state index contributed by atoms with van der Waals surface area (Å²) in [6.45, 7) is 1.84. The van der Waals surface area contributed by atoms with E-state index in [2.05, 4.69) is 9.97 Å². The Morgan fingerprint density at radius 1 is 1.48 bits per heavy atom. The van der Waals surface area contributed by atoms with Gasteiger partial charge in [0.05, 0.1) is 18.6 Å². The van der Waals surface area contributed by atoms with E-state index in [4.69, 9.17) is 9.47 Å². The number of pyridine rings is 2. The first kappa shape index (κ1) is 15.0. The van der Waals surface area contributed by atoms with Gasteiger partial charge in [0, 0.05) is 24.5 Å². The summed E-state index contributed by atoms with van der Waals surface area (Å²) in [5, 5.41) is 0. The first-order chi connectivity index (χ1) is 11.1. The van der Waals surface area contributed by atoms with Crippen LogP contribution in [-0.2, 0) is 9.53 Å². The highest BCUT2D eigenvalue weighted by Crippen LogP contribution is 2.38. The number of esters is 2. The minimum absolute atomic E-state index is 0.00799. The number of nitrogens with zero attached hydrogens (tertiary/aromatic N) is 1. The zero-order valence-corrected chi connectivity index (χ0v) is 12.4. The predicted molar refractivity (Wildman–Crippen MR) is 79.4 cm³/mol. The number of ether oxygens (including phenoxy) is 2. The molecule has 7 nitrogen and oxygen atoms in total. The molecule has 0 amide bonds. The fraction of sp³-hybridized carbons (Fsp3) is 0.250. The van der Waals surface area contributed by atoms with E-state index in [9.17, 15) is 14.4 Å². The molecule has 7 heteroatoms. The lowest BCUT2D eigenvalue weighted by molar-refractivity contribution is -0.135. The van der Waals surface area contributed by atoms with Crippen molar-refractivity contribution < 1.29 is 19.1 Å². The summed E-state index contributed by atoms with van der Waals surface area (Å²) in [5.74, 6) is -1.71. The first-order valence-electron chi connectivity index (χ1n) is 7.15. The lowest BCUT2D eigenvalue weighted by Crippen LogP contribution is -2.30. The maximum Gasteiger partial charge on any atom is 0.343 e. The average Bonchev–Trinajstić information content (AvgIpc) is 2.55. The van der Waals surface area contributed by atoms with Crippen LogP contribution in [0.4, 0.5) is 0 Å². The number of rotatable bonds is 3. The van der Waals surface area contributed by atoms with Crippen molar-refractivity contribution in [1.82, 2.24) is 9.97 Å². The normalized spacial score (nSPS) is 16.4. The Morgan fingerprint density at radius 3 is 3.00 bits per heavy atom. The molecule has 0 saturated heterocycles. The fourth-order valence-corrected chi connectivity index (χ4v) is 2.61. The number of fused-ring (bicyclic) bond motifs is 1. The molecule has 0 bridgehead atoms. The van der Waals surface area contributed by atoms with Crippen molar-refractivity contribution >= 4 is 11.9 Å². The topological polar surface area (TPSA) is 98.4 Å². The number of H-pyrrole nitrogens is 1. The lowest BCUT2D eigenvalue weighted by atomic mass is 9.87. The van der Waals surface area contributed by atoms with Gasteiger partial charge in [-0.25, -0.2) is 4.79 Å². The molecule has 0 aliphatic carbocycles. The van der Waals surface area contributed by atoms with Gasteiger partial charge in [-0.05, 0) is 18.6 Å². The molecule has 1 atom stereocenters. The van der Waals surface area contributed by atoms with Crippen LogP contribution in [0, 0.1) is 0 Å². The highest BCUT2D eigenvalue weighted by atomic mass is 16.5. The van der Waals surface area contributed by atoms with E-state index >= 15 is 0 Å². The van der Waals surface area contributed by atoms with Gasteiger partial charge in [-0.1, -0.05) is 6.07 Å². The highest BCUT2D eigenvalue weighted by molar-refractivity contribution is 5.94. The Hall–Kier alpha value is -2.96. The highest BCUT2D eigenvalue weighted by Gasteiger charge is 2.34. The molecule has 1 aliphatic heterocycles. The number of aromatic amines is 1. The fourth-order valence-electron chi connectivity index (χ4n) is 2.61. The zero-order valence-electron chi connectivity index (χ0n) is 12.4. The van der Waals surface area contributed by atoms with Gasteiger partial charge in [0.2, 0.25) is 0 Å². The number of aromatic nitrogens is 2. The molecule has 3 heterocycles. The molecule has 0 aromatic carbocycles. The third kappa shape index (κ3) is 2.73. The number of hydrogen-bond acceptors (Lipinski definition) is 6. The van der Waals surface area contributed by atoms with Crippen LogP contribution in [0.5, 0.6) is 5.75 Å². The number of carbonyl (C=O) groups is 2. The SMILES string of the molecule is CCOC(=O)c1c[nH]c(=O)c2c1OC(=O)C[C@H]2c1cccnc1. The van der Waals surface area contributed by atoms with Crippen LogP contribution in [0.2, 0.25) is 0 Å². The van der Waals surface area contributed by atoms with Crippen LogP contribution in [0.15, 0.2) is 35.5 Å². The van der Waals surface area contributed by atoms with Crippen LogP contribution < -0.4 is 10.3 Å². The van der Waals surface area contributed by atoms with Crippen molar-refractivity contribution in [3.8, 4) is 5.75 Å². The van der Waals surface area contributed by atoms with Gasteiger partial charge in [-0.3, -0.25) is 14.6 Å². The Balaban J connectivity index is 2.18. The van der Waals surface area contributed by atoms with E-state index in [1.807, 2.05) is 0 Å². The molecule has 0 radical (unpaired) electrons. The Labute approximate surface area is 131 Å². The lowest BCUT2D eigenvalue weighted by Gasteiger charge is -2.24. The largest absolute Gasteiger partial charge is 0.462 e. The first-order valence-corrected chi connectivity index (χ1v) is 7.15. The second kappa shape index (κ2) is 6.04. The van der Waals surface area contributed by atoms with Crippen LogP contribution in [-0.4, -0.2) is 28.5 Å². The molecular formula is C16H14N2O5. The van der Waals surface area contributed by atoms with Gasteiger partial charge in [0.1, 0.15) is 5.56 Å². The third-order valence-electron chi connectivity index (χ3n) is 3.60. The molecule has 1 aliphatic rings. The Morgan fingerprint density at radius 2 is 2.30 bits per heavy atom. The summed E-state index contributed by atoms with van der Waals surface area (Å²) < 4.78 is 10.1. The number of hydrogen-bond donors (Lipinski definition) is 1. The zero-order chi connectivity index (χ0) is 16.4. The van der Waals surface area contributed by atoms with Gasteiger partial charge in [0.25, 0.3) is 5.56 Å². The summed E-state index contributed by atoms with van der Waals surface area (Å²) in [5.41, 5.74) is 0.567. The van der Waals surface area contributed by atoms with Gasteiger partial charge >= 0.3 is 11.9 Å². The molecule has 0 fully saturated rings. The summed E-state index contributed by atoms with van der Waals surface area (Å²) in [4.78, 5) is 42.8. The second-order valence-corrected chi connectivity index (χ2v) is 5.01. The summed E-state index contributed by atoms with van der Waals surface area (Å²) in [6.07, 6.45) is 4.40. The molecule has 1 N–H and O–H groups in total. The standard InChI is InChI=1S/C16H14N2O5/c1-2-22-16(21)11-8-18-15(20)13-10(6-12(19)23-14(11)13)9-4-3-5-17-7-9/h3-5,7-8,10H,2,6H2,1H3,(H,18,20)/t10-/m0/s1. The van der Waals surface area contributed by atoms with Crippen molar-refractivity contribution in [2.75, 3.05) is 6.61 Å². The van der Waals surface area contributed by atoms with Crippen molar-refractivity contribution in [1.29, 1.82) is 0 Å². The molecule has 0 spiro atoms. The van der Waals surface area contributed by atoms with E-state index in [1.165, 1.54) is 6.20 Å². The van der Waals surface area contributed by atoms with Crippen LogP contribution in [0.1, 0.15) is 40.7 Å². The molecule has 2 aromatic rings. The quantitative estimate of drug-likeness (QED) is 0.860. The molecular weight excluding hydrogens is 300 g/mol. The smallest absolute Gasteiger partial charge is 0.343 e. The Bertz CT molecular complexity index is 813. The monoisotopic (exact) mass is 314 g/mol. The van der Waals surface area contributed by atoms with E-state index in [0.29, 0.717) is 5.56 Å². The van der Waals surface area contributed by atoms with Crippen LogP contribution in [0.3, 0.4) is 0 Å². The maximum atomic E-state index is 12.3. The van der Waals surface area contributed by atoms with E-state index in [-0.39, 0.29) is 29.9 Å². The summed E-state index contributed by atoms with van der Waals surface area (Å²) in [7, 11) is 0. The second-order valence-electron chi connectivity index (χ2n) is 5.01. The van der Waals surface area contributed by atoms with E-state index in [1.54, 1.807) is 31.5 Å². The molecule has 23 heavy (non-hydrogen) atoms. The third-order valence-corrected chi connectivity index (χ3v) is 3.60. The van der Waals surface area contributed by atoms with Crippen molar-refractivity contribution in [3.63, 3.8) is 0 Å². The van der Waals surface area contributed by atoms with Crippen molar-refractivity contribution in [2.45, 2.75) is 19.3 Å². The minimum Gasteiger partial charge on any atom is -0.462 e. The van der Waals surface area contributed by atoms with Crippen molar-refractivity contribution in [2.24, 2.45) is 0 Å². The van der Waals surface area contributed by atoms with E-state index < -0.39 is 23.4 Å². The molecule has 2 aromatic heterocycles. The molecule has 0 unspecified atom stereocenters. The van der Waals surface area contributed by atoms with Gasteiger partial charge in [0.15, 0.2) is 5.75 Å². The van der Waals surface area contributed by atoms with E-state index in [0.717, 1.165) is 0 Å². The van der Waals surface area contributed by atoms with Gasteiger partial charge in [-0.15, -0.1) is 0 Å². The molecule has 118 valence electrons. The van der Waals surface area contributed by atoms with Crippen LogP contribution >= 0.6 is 0 Å². The summed E-state index contributed by atoms with van der Waals surface area (Å²) in [6, 6.07) is 3.49. The molecule has 0 saturated carbocycles. The number of carbonyl (C=O) groups excluding carboxylic acids is 2. The Kier molecular flexibility index (Phi) is 3.92. The maximum absolute atomic E-state index is 12.3. The average molecular weight is 314 g/mol. The molecule has 3 rings (SSSR count). The van der Waals surface area contributed by atoms with Crippen LogP contribution in [0.25, 0.3) is 0 Å². The van der Waals surface area contributed by atoms with Gasteiger partial charge in [-0.2, -0.15) is 0 Å². The predicted octanol–water partition coefficient (Wildman–Crippen LogP) is 1.39. The number of nitrogens with one attached hydrogen (secondary N) is 1. The van der Waals surface area contributed by atoms with Gasteiger partial charge < -0.3 is 14.5 Å². The van der Waals surface area contributed by atoms with Crippen molar-refractivity contribution in [3.05, 3.63) is 57.8 Å². The summed E-state index contributed by atoms with van der Waals surface area (Å²) >= 11 is 0. The minimum atomic E-state index is -0.653.